The summed E-state index contributed by atoms with van der Waals surface area (Å²) in [6.07, 6.45) is 2.17. The second-order valence-electron chi connectivity index (χ2n) is 4.39. The van der Waals surface area contributed by atoms with Crippen LogP contribution in [0.25, 0.3) is 0 Å². The topological polar surface area (TPSA) is 58.2 Å². The van der Waals surface area contributed by atoms with E-state index in [0.717, 1.165) is 12.8 Å². The lowest BCUT2D eigenvalue weighted by molar-refractivity contribution is 0.588. The largest absolute Gasteiger partial charge is 0.379 e. The molecule has 0 aromatic heterocycles. The van der Waals surface area contributed by atoms with Crippen molar-refractivity contribution in [2.45, 2.75) is 30.2 Å². The summed E-state index contributed by atoms with van der Waals surface area (Å²) in [5.74, 6) is 0. The molecule has 0 heterocycles. The standard InChI is InChI=1S/C11H16N2O2S/c1-11(7-8-11)13-9-5-3-4-6-10(9)16(14,15)12-2/h3-6,12-13H,7-8H2,1-2H3. The Morgan fingerprint density at radius 2 is 1.88 bits per heavy atom. The van der Waals surface area contributed by atoms with Gasteiger partial charge in [0.25, 0.3) is 0 Å². The average molecular weight is 240 g/mol. The van der Waals surface area contributed by atoms with Crippen LogP contribution < -0.4 is 10.0 Å². The zero-order valence-electron chi connectivity index (χ0n) is 9.45. The van der Waals surface area contributed by atoms with E-state index in [1.807, 2.05) is 6.07 Å². The van der Waals surface area contributed by atoms with Crippen LogP contribution in [0.4, 0.5) is 5.69 Å². The Kier molecular flexibility index (Phi) is 2.67. The number of anilines is 1. The molecule has 4 nitrogen and oxygen atoms in total. The van der Waals surface area contributed by atoms with Crippen molar-refractivity contribution in [2.24, 2.45) is 0 Å². The Morgan fingerprint density at radius 3 is 2.44 bits per heavy atom. The van der Waals surface area contributed by atoms with E-state index in [1.165, 1.54) is 7.05 Å². The van der Waals surface area contributed by atoms with Crippen molar-refractivity contribution in [1.29, 1.82) is 0 Å². The van der Waals surface area contributed by atoms with Gasteiger partial charge in [0.2, 0.25) is 10.0 Å². The van der Waals surface area contributed by atoms with E-state index < -0.39 is 10.0 Å². The normalized spacial score (nSPS) is 18.1. The van der Waals surface area contributed by atoms with E-state index in [1.54, 1.807) is 18.2 Å². The van der Waals surface area contributed by atoms with Crippen LogP contribution in [0.5, 0.6) is 0 Å². The van der Waals surface area contributed by atoms with Crippen LogP contribution in [-0.4, -0.2) is 21.0 Å². The Hall–Kier alpha value is -1.07. The molecule has 1 aromatic carbocycles. The van der Waals surface area contributed by atoms with Gasteiger partial charge in [0.15, 0.2) is 0 Å². The summed E-state index contributed by atoms with van der Waals surface area (Å²) in [5.41, 5.74) is 0.746. The molecular formula is C11H16N2O2S. The molecule has 0 saturated heterocycles. The number of para-hydroxylation sites is 1. The molecule has 1 aromatic rings. The highest BCUT2D eigenvalue weighted by molar-refractivity contribution is 7.89. The average Bonchev–Trinajstić information content (AvgIpc) is 2.97. The van der Waals surface area contributed by atoms with Crippen LogP contribution >= 0.6 is 0 Å². The zero-order valence-corrected chi connectivity index (χ0v) is 10.3. The molecule has 1 aliphatic carbocycles. The molecule has 2 rings (SSSR count). The lowest BCUT2D eigenvalue weighted by Gasteiger charge is -2.16. The van der Waals surface area contributed by atoms with Gasteiger partial charge in [-0.3, -0.25) is 0 Å². The third kappa shape index (κ3) is 2.20. The first kappa shape index (κ1) is 11.4. The maximum absolute atomic E-state index is 11.8. The minimum absolute atomic E-state index is 0.0688. The fourth-order valence-electron chi connectivity index (χ4n) is 1.55. The number of hydrogen-bond donors (Lipinski definition) is 2. The van der Waals surface area contributed by atoms with Gasteiger partial charge in [0.1, 0.15) is 4.90 Å². The molecule has 0 atom stereocenters. The molecule has 0 bridgehead atoms. The van der Waals surface area contributed by atoms with Crippen LogP contribution in [0.15, 0.2) is 29.2 Å². The van der Waals surface area contributed by atoms with E-state index in [4.69, 9.17) is 0 Å². The van der Waals surface area contributed by atoms with Crippen LogP contribution in [0.2, 0.25) is 0 Å². The molecule has 16 heavy (non-hydrogen) atoms. The fraction of sp³-hybridized carbons (Fsp3) is 0.455. The lowest BCUT2D eigenvalue weighted by atomic mass is 10.2. The van der Waals surface area contributed by atoms with E-state index in [0.29, 0.717) is 10.6 Å². The predicted molar refractivity (Wildman–Crippen MR) is 63.9 cm³/mol. The highest BCUT2D eigenvalue weighted by Gasteiger charge is 2.38. The third-order valence-corrected chi connectivity index (χ3v) is 4.35. The summed E-state index contributed by atoms with van der Waals surface area (Å²) in [6, 6.07) is 6.97. The summed E-state index contributed by atoms with van der Waals surface area (Å²) in [4.78, 5) is 0.311. The van der Waals surface area contributed by atoms with Gasteiger partial charge in [0.05, 0.1) is 5.69 Å². The molecule has 0 spiro atoms. The van der Waals surface area contributed by atoms with Gasteiger partial charge in [-0.15, -0.1) is 0 Å². The SMILES string of the molecule is CNS(=O)(=O)c1ccccc1NC1(C)CC1. The van der Waals surface area contributed by atoms with E-state index >= 15 is 0 Å². The van der Waals surface area contributed by atoms with Gasteiger partial charge in [-0.1, -0.05) is 12.1 Å². The highest BCUT2D eigenvalue weighted by atomic mass is 32.2. The minimum Gasteiger partial charge on any atom is -0.379 e. The maximum atomic E-state index is 11.8. The number of benzene rings is 1. The van der Waals surface area contributed by atoms with Crippen LogP contribution in [-0.2, 0) is 10.0 Å². The first-order valence-corrected chi connectivity index (χ1v) is 6.76. The molecule has 1 fully saturated rings. The van der Waals surface area contributed by atoms with Gasteiger partial charge < -0.3 is 5.32 Å². The van der Waals surface area contributed by atoms with Crippen molar-refractivity contribution in [1.82, 2.24) is 4.72 Å². The fourth-order valence-corrected chi connectivity index (χ4v) is 2.44. The van der Waals surface area contributed by atoms with Crippen LogP contribution in [0.3, 0.4) is 0 Å². The number of rotatable bonds is 4. The smallest absolute Gasteiger partial charge is 0.242 e. The molecular weight excluding hydrogens is 224 g/mol. The van der Waals surface area contributed by atoms with Gasteiger partial charge in [-0.05, 0) is 38.9 Å². The Labute approximate surface area is 96.1 Å². The first-order valence-electron chi connectivity index (χ1n) is 5.28. The van der Waals surface area contributed by atoms with Crippen LogP contribution in [0, 0.1) is 0 Å². The highest BCUT2D eigenvalue weighted by Crippen LogP contribution is 2.39. The number of nitrogens with one attached hydrogen (secondary N) is 2. The van der Waals surface area contributed by atoms with Crippen molar-refractivity contribution < 1.29 is 8.42 Å². The second-order valence-corrected chi connectivity index (χ2v) is 6.24. The van der Waals surface area contributed by atoms with Crippen molar-refractivity contribution >= 4 is 15.7 Å². The molecule has 88 valence electrons. The molecule has 2 N–H and O–H groups in total. The van der Waals surface area contributed by atoms with Gasteiger partial charge >= 0.3 is 0 Å². The third-order valence-electron chi connectivity index (χ3n) is 2.88. The molecule has 0 unspecified atom stereocenters. The van der Waals surface area contributed by atoms with Gasteiger partial charge in [-0.2, -0.15) is 0 Å². The minimum atomic E-state index is -3.39. The molecule has 0 radical (unpaired) electrons. The lowest BCUT2D eigenvalue weighted by Crippen LogP contribution is -2.23. The van der Waals surface area contributed by atoms with Crippen molar-refractivity contribution in [3.8, 4) is 0 Å². The first-order chi connectivity index (χ1) is 7.47. The van der Waals surface area contributed by atoms with E-state index in [9.17, 15) is 8.42 Å². The van der Waals surface area contributed by atoms with Gasteiger partial charge in [-0.25, -0.2) is 13.1 Å². The van der Waals surface area contributed by atoms with Gasteiger partial charge in [0, 0.05) is 5.54 Å². The van der Waals surface area contributed by atoms with Crippen molar-refractivity contribution in [2.75, 3.05) is 12.4 Å². The zero-order chi connectivity index (χ0) is 11.8. The molecule has 0 amide bonds. The monoisotopic (exact) mass is 240 g/mol. The van der Waals surface area contributed by atoms with Crippen molar-refractivity contribution in [3.63, 3.8) is 0 Å². The molecule has 1 saturated carbocycles. The Bertz CT molecular complexity index is 492. The van der Waals surface area contributed by atoms with Crippen molar-refractivity contribution in [3.05, 3.63) is 24.3 Å². The maximum Gasteiger partial charge on any atom is 0.242 e. The number of sulfonamides is 1. The quantitative estimate of drug-likeness (QED) is 0.839. The van der Waals surface area contributed by atoms with Crippen LogP contribution in [0.1, 0.15) is 19.8 Å². The summed E-state index contributed by atoms with van der Waals surface area (Å²) < 4.78 is 25.9. The summed E-state index contributed by atoms with van der Waals surface area (Å²) in [6.45, 7) is 2.09. The van der Waals surface area contributed by atoms with E-state index in [-0.39, 0.29) is 5.54 Å². The Morgan fingerprint density at radius 1 is 1.25 bits per heavy atom. The number of hydrogen-bond acceptors (Lipinski definition) is 3. The molecule has 0 aliphatic heterocycles. The van der Waals surface area contributed by atoms with E-state index in [2.05, 4.69) is 17.0 Å². The second kappa shape index (κ2) is 3.75. The Balaban J connectivity index is 2.38. The predicted octanol–water partition coefficient (Wildman–Crippen LogP) is 1.56. The summed E-state index contributed by atoms with van der Waals surface area (Å²) >= 11 is 0. The summed E-state index contributed by atoms with van der Waals surface area (Å²) in [7, 11) is -1.96. The summed E-state index contributed by atoms with van der Waals surface area (Å²) in [5, 5.41) is 3.28. The molecule has 1 aliphatic rings. The molecule has 5 heteroatoms.